The van der Waals surface area contributed by atoms with Crippen LogP contribution in [0.25, 0.3) is 21.5 Å². The maximum Gasteiger partial charge on any atom is 0.254 e. The largest absolute Gasteiger partial charge is 0.336 e. The van der Waals surface area contributed by atoms with E-state index >= 15 is 0 Å². The quantitative estimate of drug-likeness (QED) is 0.421. The van der Waals surface area contributed by atoms with Crippen molar-refractivity contribution in [2.24, 2.45) is 0 Å². The van der Waals surface area contributed by atoms with Gasteiger partial charge in [-0.25, -0.2) is 4.98 Å². The van der Waals surface area contributed by atoms with Crippen LogP contribution >= 0.6 is 23.7 Å². The lowest BCUT2D eigenvalue weighted by molar-refractivity contribution is 0.0630. The number of pyridine rings is 1. The fourth-order valence-corrected chi connectivity index (χ4v) is 4.71. The van der Waals surface area contributed by atoms with E-state index in [0.29, 0.717) is 0 Å². The number of thiophene rings is 1. The number of rotatable bonds is 4. The molecule has 1 saturated heterocycles. The number of para-hydroxylation sites is 1. The predicted molar refractivity (Wildman–Crippen MR) is 130 cm³/mol. The van der Waals surface area contributed by atoms with E-state index in [9.17, 15) is 4.79 Å². The molecule has 1 aliphatic heterocycles. The van der Waals surface area contributed by atoms with Gasteiger partial charge in [-0.3, -0.25) is 9.69 Å². The number of nitrogens with zero attached hydrogens (tertiary/aromatic N) is 3. The minimum absolute atomic E-state index is 0. The van der Waals surface area contributed by atoms with E-state index in [1.165, 1.54) is 5.56 Å². The number of benzene rings is 2. The Bertz CT molecular complexity index is 1160. The lowest BCUT2D eigenvalue weighted by Gasteiger charge is -2.35. The average molecular weight is 450 g/mol. The van der Waals surface area contributed by atoms with Gasteiger partial charge in [0, 0.05) is 38.1 Å². The molecule has 1 amide bonds. The molecule has 0 saturated carbocycles. The maximum atomic E-state index is 13.5. The lowest BCUT2D eigenvalue weighted by atomic mass is 10.1. The Balaban J connectivity index is 0.00000231. The Hall–Kier alpha value is -2.73. The highest BCUT2D eigenvalue weighted by molar-refractivity contribution is 7.13. The summed E-state index contributed by atoms with van der Waals surface area (Å²) in [7, 11) is 0. The third-order valence-electron chi connectivity index (χ3n) is 5.63. The van der Waals surface area contributed by atoms with Gasteiger partial charge in [0.25, 0.3) is 5.91 Å². The van der Waals surface area contributed by atoms with Crippen molar-refractivity contribution in [3.63, 3.8) is 0 Å². The summed E-state index contributed by atoms with van der Waals surface area (Å²) in [5.74, 6) is 0.103. The van der Waals surface area contributed by atoms with Gasteiger partial charge in [-0.05, 0) is 29.1 Å². The van der Waals surface area contributed by atoms with Crippen LogP contribution in [0.5, 0.6) is 0 Å². The van der Waals surface area contributed by atoms with Crippen molar-refractivity contribution in [3.05, 3.63) is 89.3 Å². The van der Waals surface area contributed by atoms with Gasteiger partial charge in [0.1, 0.15) is 0 Å². The molecule has 158 valence electrons. The topological polar surface area (TPSA) is 36.4 Å². The van der Waals surface area contributed by atoms with Crippen molar-refractivity contribution in [1.29, 1.82) is 0 Å². The van der Waals surface area contributed by atoms with E-state index in [2.05, 4.69) is 35.2 Å². The molecular weight excluding hydrogens is 426 g/mol. The minimum atomic E-state index is 0. The molecule has 6 heteroatoms. The second-order valence-electron chi connectivity index (χ2n) is 7.60. The van der Waals surface area contributed by atoms with Crippen LogP contribution in [0, 0.1) is 0 Å². The summed E-state index contributed by atoms with van der Waals surface area (Å²) in [6.45, 7) is 4.21. The fourth-order valence-electron chi connectivity index (χ4n) is 4.02. The Kier molecular flexibility index (Phi) is 6.66. The predicted octanol–water partition coefficient (Wildman–Crippen LogP) is 5.34. The van der Waals surface area contributed by atoms with E-state index in [4.69, 9.17) is 4.98 Å². The summed E-state index contributed by atoms with van der Waals surface area (Å²) in [5, 5.41) is 2.97. The molecule has 2 aromatic heterocycles. The number of fused-ring (bicyclic) bond motifs is 1. The van der Waals surface area contributed by atoms with Crippen LogP contribution in [0.3, 0.4) is 0 Å². The van der Waals surface area contributed by atoms with Crippen LogP contribution in [-0.2, 0) is 6.54 Å². The Morgan fingerprint density at radius 2 is 1.65 bits per heavy atom. The van der Waals surface area contributed by atoms with Crippen molar-refractivity contribution in [3.8, 4) is 10.6 Å². The van der Waals surface area contributed by atoms with Gasteiger partial charge in [0.2, 0.25) is 0 Å². The molecule has 0 spiro atoms. The summed E-state index contributed by atoms with van der Waals surface area (Å²) in [5.41, 5.74) is 3.81. The Morgan fingerprint density at radius 3 is 2.39 bits per heavy atom. The first-order chi connectivity index (χ1) is 14.8. The van der Waals surface area contributed by atoms with Gasteiger partial charge in [0.05, 0.1) is 21.7 Å². The van der Waals surface area contributed by atoms with Crippen molar-refractivity contribution in [2.75, 3.05) is 26.2 Å². The zero-order chi connectivity index (χ0) is 20.3. The van der Waals surface area contributed by atoms with Crippen LogP contribution in [0.15, 0.2) is 78.2 Å². The van der Waals surface area contributed by atoms with Crippen molar-refractivity contribution >= 4 is 40.6 Å². The van der Waals surface area contributed by atoms with Crippen LogP contribution < -0.4 is 0 Å². The van der Waals surface area contributed by atoms with Crippen LogP contribution in [0.4, 0.5) is 0 Å². The number of hydrogen-bond donors (Lipinski definition) is 0. The van der Waals surface area contributed by atoms with E-state index < -0.39 is 0 Å². The summed E-state index contributed by atoms with van der Waals surface area (Å²) >= 11 is 1.65. The molecule has 0 unspecified atom stereocenters. The molecule has 0 atom stereocenters. The number of hydrogen-bond acceptors (Lipinski definition) is 4. The second-order valence-corrected chi connectivity index (χ2v) is 8.55. The summed E-state index contributed by atoms with van der Waals surface area (Å²) in [6.07, 6.45) is 0. The van der Waals surface area contributed by atoms with Gasteiger partial charge in [-0.1, -0.05) is 54.6 Å². The maximum absolute atomic E-state index is 13.5. The number of halogens is 1. The number of amides is 1. The standard InChI is InChI=1S/C25H23N3OS.ClH/c29-25(28-14-12-27(13-15-28)18-19-7-2-1-3-8-19)21-17-23(24-11-6-16-30-24)26-22-10-5-4-9-20(21)22;/h1-11,16-17H,12-15,18H2;1H. The van der Waals surface area contributed by atoms with Gasteiger partial charge in [-0.2, -0.15) is 0 Å². The van der Waals surface area contributed by atoms with Gasteiger partial charge >= 0.3 is 0 Å². The van der Waals surface area contributed by atoms with Crippen molar-refractivity contribution < 1.29 is 4.79 Å². The lowest BCUT2D eigenvalue weighted by Crippen LogP contribution is -2.48. The van der Waals surface area contributed by atoms with Crippen molar-refractivity contribution in [1.82, 2.24) is 14.8 Å². The monoisotopic (exact) mass is 449 g/mol. The minimum Gasteiger partial charge on any atom is -0.336 e. The third-order valence-corrected chi connectivity index (χ3v) is 6.52. The molecule has 31 heavy (non-hydrogen) atoms. The number of piperazine rings is 1. The highest BCUT2D eigenvalue weighted by atomic mass is 35.5. The molecule has 4 nitrogen and oxygen atoms in total. The second kappa shape index (κ2) is 9.60. The molecule has 2 aromatic carbocycles. The molecule has 0 N–H and O–H groups in total. The Morgan fingerprint density at radius 1 is 0.903 bits per heavy atom. The molecule has 0 radical (unpaired) electrons. The summed E-state index contributed by atoms with van der Waals surface area (Å²) < 4.78 is 0. The molecule has 3 heterocycles. The summed E-state index contributed by atoms with van der Waals surface area (Å²) in [6, 6.07) is 24.5. The first-order valence-electron chi connectivity index (χ1n) is 10.3. The molecule has 1 aliphatic rings. The molecule has 0 bridgehead atoms. The normalized spacial score (nSPS) is 14.4. The van der Waals surface area contributed by atoms with Gasteiger partial charge < -0.3 is 4.90 Å². The molecule has 5 rings (SSSR count). The highest BCUT2D eigenvalue weighted by Crippen LogP contribution is 2.28. The Labute approximate surface area is 192 Å². The number of carbonyl (C=O) groups excluding carboxylic acids is 1. The van der Waals surface area contributed by atoms with Gasteiger partial charge in [-0.15, -0.1) is 23.7 Å². The fraction of sp³-hybridized carbons (Fsp3) is 0.200. The molecule has 4 aromatic rings. The van der Waals surface area contributed by atoms with Crippen LogP contribution in [-0.4, -0.2) is 46.9 Å². The SMILES string of the molecule is Cl.O=C(c1cc(-c2cccs2)nc2ccccc12)N1CCN(Cc2ccccc2)CC1. The van der Waals surface area contributed by atoms with E-state index in [1.54, 1.807) is 11.3 Å². The van der Waals surface area contributed by atoms with Crippen molar-refractivity contribution in [2.45, 2.75) is 6.54 Å². The zero-order valence-electron chi connectivity index (χ0n) is 17.1. The van der Waals surface area contributed by atoms with E-state index in [1.807, 2.05) is 52.7 Å². The van der Waals surface area contributed by atoms with Crippen LogP contribution in [0.2, 0.25) is 0 Å². The third kappa shape index (κ3) is 4.64. The highest BCUT2D eigenvalue weighted by Gasteiger charge is 2.24. The number of carbonyl (C=O) groups is 1. The van der Waals surface area contributed by atoms with Crippen LogP contribution in [0.1, 0.15) is 15.9 Å². The first kappa shape index (κ1) is 21.5. The molecular formula is C25H24ClN3OS. The smallest absolute Gasteiger partial charge is 0.254 e. The molecule has 0 aliphatic carbocycles. The zero-order valence-corrected chi connectivity index (χ0v) is 18.7. The first-order valence-corrected chi connectivity index (χ1v) is 11.1. The molecule has 1 fully saturated rings. The average Bonchev–Trinajstić information content (AvgIpc) is 3.34. The summed E-state index contributed by atoms with van der Waals surface area (Å²) in [4.78, 5) is 23.8. The van der Waals surface area contributed by atoms with Gasteiger partial charge in [0.15, 0.2) is 0 Å². The van der Waals surface area contributed by atoms with E-state index in [0.717, 1.165) is 59.8 Å². The number of aromatic nitrogens is 1. The van der Waals surface area contributed by atoms with E-state index in [-0.39, 0.29) is 18.3 Å².